The number of nitrogens with zero attached hydrogens (tertiary/aromatic N) is 1. The number of rotatable bonds is 10. The van der Waals surface area contributed by atoms with Gasteiger partial charge in [0.2, 0.25) is 0 Å². The number of likely N-dealkylation sites (tertiary alicyclic amines) is 1. The quantitative estimate of drug-likeness (QED) is 0.401. The van der Waals surface area contributed by atoms with Crippen molar-refractivity contribution in [3.63, 3.8) is 0 Å². The van der Waals surface area contributed by atoms with Crippen molar-refractivity contribution in [3.05, 3.63) is 71.8 Å². The van der Waals surface area contributed by atoms with Crippen LogP contribution in [0.25, 0.3) is 0 Å². The van der Waals surface area contributed by atoms with Crippen LogP contribution in [0, 0.1) is 0 Å². The maximum atomic E-state index is 10.4. The summed E-state index contributed by atoms with van der Waals surface area (Å²) in [6.45, 7) is 6.33. The number of aliphatic carboxylic acids is 2. The van der Waals surface area contributed by atoms with E-state index in [9.17, 15) is 5.11 Å². The van der Waals surface area contributed by atoms with Crippen molar-refractivity contribution >= 4 is 11.9 Å². The maximum Gasteiger partial charge on any atom is 0.414 e. The van der Waals surface area contributed by atoms with E-state index in [1.54, 1.807) is 0 Å². The van der Waals surface area contributed by atoms with Crippen LogP contribution in [0.3, 0.4) is 0 Å². The zero-order chi connectivity index (χ0) is 24.1. The number of ether oxygens (including phenoxy) is 1. The topological polar surface area (TPSA) is 119 Å². The summed E-state index contributed by atoms with van der Waals surface area (Å²) in [6.07, 6.45) is 1.85. The Balaban J connectivity index is 0.000000569. The fraction of sp³-hybridized carbons (Fsp3) is 0.440. The van der Waals surface area contributed by atoms with Crippen LogP contribution in [-0.4, -0.2) is 77.1 Å². The molecular weight excluding hydrogens is 424 g/mol. The number of hydrogen-bond acceptors (Lipinski definition) is 6. The predicted octanol–water partition coefficient (Wildman–Crippen LogP) is 2.38. The summed E-state index contributed by atoms with van der Waals surface area (Å²) in [5, 5.41) is 28.6. The Kier molecular flexibility index (Phi) is 11.5. The van der Waals surface area contributed by atoms with Crippen LogP contribution < -0.4 is 5.32 Å². The lowest BCUT2D eigenvalue weighted by Gasteiger charge is -2.24. The van der Waals surface area contributed by atoms with E-state index in [1.807, 2.05) is 36.4 Å². The SMILES string of the molecule is CCN1CCCC1CNCC(O)COC(c1ccccc1)c1ccccc1.O=C(O)C(=O)O. The molecule has 1 heterocycles. The van der Waals surface area contributed by atoms with Gasteiger partial charge >= 0.3 is 11.9 Å². The lowest BCUT2D eigenvalue weighted by molar-refractivity contribution is -0.159. The predicted molar refractivity (Wildman–Crippen MR) is 125 cm³/mol. The normalized spacial score (nSPS) is 16.8. The summed E-state index contributed by atoms with van der Waals surface area (Å²) in [4.78, 5) is 20.7. The van der Waals surface area contributed by atoms with E-state index in [0.717, 1.165) is 24.2 Å². The Morgan fingerprint density at radius 1 is 1.03 bits per heavy atom. The van der Waals surface area contributed by atoms with Gasteiger partial charge in [0.05, 0.1) is 12.7 Å². The molecule has 1 fully saturated rings. The number of carboxylic acid groups (broad SMARTS) is 2. The number of benzene rings is 2. The van der Waals surface area contributed by atoms with E-state index in [4.69, 9.17) is 24.5 Å². The third kappa shape index (κ3) is 9.31. The Morgan fingerprint density at radius 3 is 2.06 bits per heavy atom. The molecule has 3 rings (SSSR count). The number of likely N-dealkylation sites (N-methyl/N-ethyl adjacent to an activating group) is 1. The molecule has 33 heavy (non-hydrogen) atoms. The van der Waals surface area contributed by atoms with E-state index in [0.29, 0.717) is 19.2 Å². The number of aliphatic hydroxyl groups excluding tert-OH is 1. The molecule has 0 amide bonds. The zero-order valence-corrected chi connectivity index (χ0v) is 19.0. The van der Waals surface area contributed by atoms with Gasteiger partial charge in [0.25, 0.3) is 0 Å². The van der Waals surface area contributed by atoms with Gasteiger partial charge in [0.15, 0.2) is 0 Å². The van der Waals surface area contributed by atoms with Gasteiger partial charge in [-0.05, 0) is 37.1 Å². The molecule has 1 aliphatic rings. The molecule has 1 saturated heterocycles. The van der Waals surface area contributed by atoms with Crippen molar-refractivity contribution in [2.45, 2.75) is 38.0 Å². The van der Waals surface area contributed by atoms with Gasteiger partial charge in [-0.1, -0.05) is 67.6 Å². The second-order valence-corrected chi connectivity index (χ2v) is 7.88. The fourth-order valence-corrected chi connectivity index (χ4v) is 3.87. The molecule has 2 atom stereocenters. The van der Waals surface area contributed by atoms with Crippen molar-refractivity contribution in [2.24, 2.45) is 0 Å². The molecule has 2 aromatic carbocycles. The Labute approximate surface area is 194 Å². The molecule has 0 aromatic heterocycles. The first-order chi connectivity index (χ1) is 15.9. The van der Waals surface area contributed by atoms with Crippen LogP contribution in [0.1, 0.15) is 37.0 Å². The van der Waals surface area contributed by atoms with Gasteiger partial charge in [0, 0.05) is 19.1 Å². The standard InChI is InChI=1S/C23H32N2O2.C2H2O4/c1-2-25-15-9-14-21(25)16-24-17-22(26)18-27-23(19-10-5-3-6-11-19)20-12-7-4-8-13-20;3-1(4)2(5)6/h3-8,10-13,21-24,26H,2,9,14-18H2,1H3;(H,3,4)(H,5,6). The molecule has 0 bridgehead atoms. The number of carbonyl (C=O) groups is 2. The summed E-state index contributed by atoms with van der Waals surface area (Å²) >= 11 is 0. The van der Waals surface area contributed by atoms with E-state index >= 15 is 0 Å². The van der Waals surface area contributed by atoms with Gasteiger partial charge < -0.3 is 25.4 Å². The van der Waals surface area contributed by atoms with Crippen molar-refractivity contribution in [2.75, 3.05) is 32.8 Å². The molecule has 8 heteroatoms. The fourth-order valence-electron chi connectivity index (χ4n) is 3.87. The van der Waals surface area contributed by atoms with Crippen molar-refractivity contribution in [3.8, 4) is 0 Å². The average molecular weight is 459 g/mol. The second kappa shape index (κ2) is 14.4. The van der Waals surface area contributed by atoms with Crippen LogP contribution >= 0.6 is 0 Å². The van der Waals surface area contributed by atoms with Gasteiger partial charge in [-0.2, -0.15) is 0 Å². The Hall–Kier alpha value is -2.78. The summed E-state index contributed by atoms with van der Waals surface area (Å²) in [7, 11) is 0. The Morgan fingerprint density at radius 2 is 1.58 bits per heavy atom. The van der Waals surface area contributed by atoms with Gasteiger partial charge in [-0.3, -0.25) is 4.90 Å². The largest absolute Gasteiger partial charge is 0.473 e. The highest BCUT2D eigenvalue weighted by Crippen LogP contribution is 2.25. The minimum absolute atomic E-state index is 0.160. The van der Waals surface area contributed by atoms with Crippen LogP contribution in [0.2, 0.25) is 0 Å². The zero-order valence-electron chi connectivity index (χ0n) is 19.0. The van der Waals surface area contributed by atoms with Crippen molar-refractivity contribution < 1.29 is 29.6 Å². The maximum absolute atomic E-state index is 10.4. The third-order valence-electron chi connectivity index (χ3n) is 5.51. The molecule has 4 N–H and O–H groups in total. The van der Waals surface area contributed by atoms with E-state index < -0.39 is 18.0 Å². The van der Waals surface area contributed by atoms with Gasteiger partial charge in [-0.25, -0.2) is 9.59 Å². The number of nitrogens with one attached hydrogen (secondary N) is 1. The smallest absolute Gasteiger partial charge is 0.414 e. The van der Waals surface area contributed by atoms with Crippen molar-refractivity contribution in [1.82, 2.24) is 10.2 Å². The first kappa shape index (κ1) is 26.5. The molecule has 0 aliphatic carbocycles. The van der Waals surface area contributed by atoms with Crippen LogP contribution in [0.5, 0.6) is 0 Å². The molecule has 8 nitrogen and oxygen atoms in total. The molecular formula is C25H34N2O6. The number of hydrogen-bond donors (Lipinski definition) is 4. The highest BCUT2D eigenvalue weighted by Gasteiger charge is 2.22. The molecule has 1 aliphatic heterocycles. The third-order valence-corrected chi connectivity index (χ3v) is 5.51. The lowest BCUT2D eigenvalue weighted by Crippen LogP contribution is -2.41. The Bertz CT molecular complexity index is 782. The van der Waals surface area contributed by atoms with Crippen LogP contribution in [0.15, 0.2) is 60.7 Å². The molecule has 0 saturated carbocycles. The van der Waals surface area contributed by atoms with Gasteiger partial charge in [-0.15, -0.1) is 0 Å². The molecule has 180 valence electrons. The van der Waals surface area contributed by atoms with Crippen molar-refractivity contribution in [1.29, 1.82) is 0 Å². The summed E-state index contributed by atoms with van der Waals surface area (Å²) in [5.74, 6) is -3.65. The summed E-state index contributed by atoms with van der Waals surface area (Å²) < 4.78 is 6.14. The molecule has 0 radical (unpaired) electrons. The summed E-state index contributed by atoms with van der Waals surface area (Å²) in [6, 6.07) is 21.0. The minimum atomic E-state index is -1.82. The highest BCUT2D eigenvalue weighted by molar-refractivity contribution is 6.27. The highest BCUT2D eigenvalue weighted by atomic mass is 16.5. The average Bonchev–Trinajstić information content (AvgIpc) is 3.28. The van der Waals surface area contributed by atoms with Gasteiger partial charge in [0.1, 0.15) is 6.10 Å². The van der Waals surface area contributed by atoms with Crippen LogP contribution in [0.4, 0.5) is 0 Å². The first-order valence-corrected chi connectivity index (χ1v) is 11.2. The number of carboxylic acids is 2. The first-order valence-electron chi connectivity index (χ1n) is 11.2. The van der Waals surface area contributed by atoms with Crippen LogP contribution in [-0.2, 0) is 14.3 Å². The molecule has 2 unspecified atom stereocenters. The second-order valence-electron chi connectivity index (χ2n) is 7.88. The lowest BCUT2D eigenvalue weighted by atomic mass is 10.0. The molecule has 2 aromatic rings. The van der Waals surface area contributed by atoms with E-state index in [-0.39, 0.29) is 6.10 Å². The number of aliphatic hydroxyl groups is 1. The molecule has 0 spiro atoms. The van der Waals surface area contributed by atoms with E-state index in [2.05, 4.69) is 41.4 Å². The minimum Gasteiger partial charge on any atom is -0.473 e. The summed E-state index contributed by atoms with van der Waals surface area (Å²) in [5.41, 5.74) is 2.21. The monoisotopic (exact) mass is 458 g/mol. The van der Waals surface area contributed by atoms with E-state index in [1.165, 1.54) is 19.4 Å².